The molecule has 0 bridgehead atoms. The molecule has 1 aromatic heterocycles. The zero-order valence-electron chi connectivity index (χ0n) is 13.7. The van der Waals surface area contributed by atoms with E-state index < -0.39 is 6.10 Å². The molecule has 0 spiro atoms. The van der Waals surface area contributed by atoms with E-state index in [9.17, 15) is 14.7 Å². The molecule has 2 saturated heterocycles. The maximum atomic E-state index is 12.6. The Morgan fingerprint density at radius 3 is 2.39 bits per heavy atom. The van der Waals surface area contributed by atoms with E-state index in [4.69, 9.17) is 0 Å². The highest BCUT2D eigenvalue weighted by Crippen LogP contribution is 2.20. The summed E-state index contributed by atoms with van der Waals surface area (Å²) in [6.45, 7) is 5.34. The van der Waals surface area contributed by atoms with Crippen LogP contribution in [0.25, 0.3) is 0 Å². The number of rotatable bonds is 2. The molecule has 0 aromatic carbocycles. The normalized spacial score (nSPS) is 25.9. The number of hydrogen-bond acceptors (Lipinski definition) is 4. The van der Waals surface area contributed by atoms with Gasteiger partial charge in [0.15, 0.2) is 0 Å². The summed E-state index contributed by atoms with van der Waals surface area (Å²) in [4.78, 5) is 29.7. The molecule has 2 aliphatic heterocycles. The van der Waals surface area contributed by atoms with Crippen LogP contribution in [0.2, 0.25) is 0 Å². The standard InChI is InChI=1S/C16H24N4O3/c1-12(21)18-6-8-19(9-7-18)14-10-20(11-15(14)22)16(23)13-4-3-5-17(13)2/h3-5,14-15,22H,6-11H2,1-2H3/t14-,15-/m1/s1. The van der Waals surface area contributed by atoms with Crippen molar-refractivity contribution in [2.75, 3.05) is 39.3 Å². The molecule has 23 heavy (non-hydrogen) atoms. The Kier molecular flexibility index (Phi) is 4.41. The lowest BCUT2D eigenvalue weighted by Crippen LogP contribution is -2.54. The first-order valence-electron chi connectivity index (χ1n) is 8.05. The minimum atomic E-state index is -0.539. The second-order valence-electron chi connectivity index (χ2n) is 6.39. The van der Waals surface area contributed by atoms with Crippen molar-refractivity contribution in [2.24, 2.45) is 7.05 Å². The maximum Gasteiger partial charge on any atom is 0.270 e. The molecule has 3 rings (SSSR count). The van der Waals surface area contributed by atoms with E-state index in [0.717, 1.165) is 13.1 Å². The number of carbonyl (C=O) groups is 2. The van der Waals surface area contributed by atoms with Gasteiger partial charge < -0.3 is 19.5 Å². The minimum absolute atomic E-state index is 0.0404. The summed E-state index contributed by atoms with van der Waals surface area (Å²) in [7, 11) is 1.85. The van der Waals surface area contributed by atoms with Gasteiger partial charge in [0.05, 0.1) is 12.1 Å². The number of piperazine rings is 1. The second kappa shape index (κ2) is 6.33. The molecule has 3 heterocycles. The first-order chi connectivity index (χ1) is 11.0. The van der Waals surface area contributed by atoms with Crippen LogP contribution in [0.4, 0.5) is 0 Å². The summed E-state index contributed by atoms with van der Waals surface area (Å²) in [5.74, 6) is 0.0542. The highest BCUT2D eigenvalue weighted by molar-refractivity contribution is 5.93. The number of likely N-dealkylation sites (tertiary alicyclic amines) is 1. The summed E-state index contributed by atoms with van der Waals surface area (Å²) in [6, 6.07) is 3.60. The smallest absolute Gasteiger partial charge is 0.270 e. The minimum Gasteiger partial charge on any atom is -0.390 e. The van der Waals surface area contributed by atoms with E-state index in [1.807, 2.05) is 24.2 Å². The van der Waals surface area contributed by atoms with Crippen molar-refractivity contribution in [3.8, 4) is 0 Å². The van der Waals surface area contributed by atoms with E-state index in [1.165, 1.54) is 0 Å². The number of carbonyl (C=O) groups excluding carboxylic acids is 2. The molecule has 1 N–H and O–H groups in total. The van der Waals surface area contributed by atoms with Crippen LogP contribution in [0.5, 0.6) is 0 Å². The van der Waals surface area contributed by atoms with Crippen molar-refractivity contribution in [3.05, 3.63) is 24.0 Å². The van der Waals surface area contributed by atoms with Gasteiger partial charge in [0, 0.05) is 59.4 Å². The highest BCUT2D eigenvalue weighted by Gasteiger charge is 2.39. The molecule has 2 fully saturated rings. The Morgan fingerprint density at radius 1 is 1.13 bits per heavy atom. The third kappa shape index (κ3) is 3.11. The fourth-order valence-electron chi connectivity index (χ4n) is 3.51. The number of aryl methyl sites for hydroxylation is 1. The number of aliphatic hydroxyl groups is 1. The molecule has 7 heteroatoms. The van der Waals surface area contributed by atoms with Crippen LogP contribution in [-0.2, 0) is 11.8 Å². The van der Waals surface area contributed by atoms with E-state index in [2.05, 4.69) is 4.90 Å². The predicted molar refractivity (Wildman–Crippen MR) is 84.9 cm³/mol. The summed E-state index contributed by atoms with van der Waals surface area (Å²) < 4.78 is 1.80. The van der Waals surface area contributed by atoms with Gasteiger partial charge in [0.2, 0.25) is 5.91 Å². The van der Waals surface area contributed by atoms with E-state index in [1.54, 1.807) is 22.5 Å². The number of hydrogen-bond donors (Lipinski definition) is 1. The Hall–Kier alpha value is -1.86. The van der Waals surface area contributed by atoms with Gasteiger partial charge in [-0.25, -0.2) is 0 Å². The molecule has 2 atom stereocenters. The number of aromatic nitrogens is 1. The number of amides is 2. The molecule has 0 saturated carbocycles. The van der Waals surface area contributed by atoms with Crippen molar-refractivity contribution in [1.82, 2.24) is 19.3 Å². The van der Waals surface area contributed by atoms with Gasteiger partial charge in [-0.1, -0.05) is 0 Å². The molecule has 1 aromatic rings. The lowest BCUT2D eigenvalue weighted by molar-refractivity contribution is -0.131. The van der Waals surface area contributed by atoms with Crippen LogP contribution >= 0.6 is 0 Å². The van der Waals surface area contributed by atoms with Crippen LogP contribution in [0.1, 0.15) is 17.4 Å². The third-order valence-electron chi connectivity index (χ3n) is 4.94. The third-order valence-corrected chi connectivity index (χ3v) is 4.94. The van der Waals surface area contributed by atoms with Crippen LogP contribution in [0.15, 0.2) is 18.3 Å². The maximum absolute atomic E-state index is 12.6. The topological polar surface area (TPSA) is 69.0 Å². The number of nitrogens with zero attached hydrogens (tertiary/aromatic N) is 4. The fourth-order valence-corrected chi connectivity index (χ4v) is 3.51. The van der Waals surface area contributed by atoms with Crippen molar-refractivity contribution in [1.29, 1.82) is 0 Å². The second-order valence-corrected chi connectivity index (χ2v) is 6.39. The van der Waals surface area contributed by atoms with Crippen LogP contribution < -0.4 is 0 Å². The van der Waals surface area contributed by atoms with Gasteiger partial charge in [0.1, 0.15) is 5.69 Å². The Morgan fingerprint density at radius 2 is 1.83 bits per heavy atom. The van der Waals surface area contributed by atoms with Crippen molar-refractivity contribution in [2.45, 2.75) is 19.1 Å². The first kappa shape index (κ1) is 16.0. The summed E-state index contributed by atoms with van der Waals surface area (Å²) in [5.41, 5.74) is 0.638. The first-order valence-corrected chi connectivity index (χ1v) is 8.05. The zero-order chi connectivity index (χ0) is 16.6. The molecule has 0 radical (unpaired) electrons. The van der Waals surface area contributed by atoms with Crippen molar-refractivity contribution in [3.63, 3.8) is 0 Å². The van der Waals surface area contributed by atoms with Gasteiger partial charge in [-0.2, -0.15) is 0 Å². The van der Waals surface area contributed by atoms with Gasteiger partial charge in [-0.15, -0.1) is 0 Å². The molecule has 126 valence electrons. The van der Waals surface area contributed by atoms with Crippen molar-refractivity contribution < 1.29 is 14.7 Å². The average molecular weight is 320 g/mol. The summed E-state index contributed by atoms with van der Waals surface area (Å²) >= 11 is 0. The lowest BCUT2D eigenvalue weighted by Gasteiger charge is -2.38. The lowest BCUT2D eigenvalue weighted by atomic mass is 10.1. The van der Waals surface area contributed by atoms with Gasteiger partial charge in [-0.05, 0) is 12.1 Å². The number of β-amino-alcohol motifs (C(OH)–C–C–N with tert-alkyl or cyclic N) is 1. The molecule has 2 amide bonds. The van der Waals surface area contributed by atoms with Gasteiger partial charge in [0.25, 0.3) is 5.91 Å². The molecule has 2 aliphatic rings. The summed E-state index contributed by atoms with van der Waals surface area (Å²) in [5, 5.41) is 10.4. The molecular formula is C16H24N4O3. The molecule has 0 aliphatic carbocycles. The van der Waals surface area contributed by atoms with Crippen LogP contribution in [0, 0.1) is 0 Å². The number of aliphatic hydroxyl groups excluding tert-OH is 1. The Bertz CT molecular complexity index is 592. The summed E-state index contributed by atoms with van der Waals surface area (Å²) in [6.07, 6.45) is 1.31. The predicted octanol–water partition coefficient (Wildman–Crippen LogP) is -0.625. The fraction of sp³-hybridized carbons (Fsp3) is 0.625. The van der Waals surface area contributed by atoms with Gasteiger partial charge >= 0.3 is 0 Å². The molecule has 0 unspecified atom stereocenters. The molecule has 7 nitrogen and oxygen atoms in total. The monoisotopic (exact) mass is 320 g/mol. The van der Waals surface area contributed by atoms with Gasteiger partial charge in [-0.3, -0.25) is 14.5 Å². The Labute approximate surface area is 136 Å². The zero-order valence-corrected chi connectivity index (χ0v) is 13.7. The van der Waals surface area contributed by atoms with Crippen LogP contribution in [-0.4, -0.2) is 87.6 Å². The Balaban J connectivity index is 1.62. The van der Waals surface area contributed by atoms with E-state index >= 15 is 0 Å². The SMILES string of the molecule is CC(=O)N1CCN([C@@H]2CN(C(=O)c3cccn3C)C[C@H]2O)CC1. The quantitative estimate of drug-likeness (QED) is 0.788. The van der Waals surface area contributed by atoms with E-state index in [-0.39, 0.29) is 17.9 Å². The molecular weight excluding hydrogens is 296 g/mol. The van der Waals surface area contributed by atoms with E-state index in [0.29, 0.717) is 31.9 Å². The van der Waals surface area contributed by atoms with Crippen molar-refractivity contribution >= 4 is 11.8 Å². The van der Waals surface area contributed by atoms with Crippen LogP contribution in [0.3, 0.4) is 0 Å². The highest BCUT2D eigenvalue weighted by atomic mass is 16.3. The largest absolute Gasteiger partial charge is 0.390 e. The average Bonchev–Trinajstić information content (AvgIpc) is 3.12.